The third kappa shape index (κ3) is 3.38. The molecule has 0 fully saturated rings. The lowest BCUT2D eigenvalue weighted by Crippen LogP contribution is -1.91. The van der Waals surface area contributed by atoms with Crippen LogP contribution in [0.3, 0.4) is 0 Å². The molecule has 0 N–H and O–H groups in total. The minimum atomic E-state index is -0.110. The molecule has 0 saturated carbocycles. The zero-order chi connectivity index (χ0) is 19.4. The smallest absolute Gasteiger partial charge is 0.0171 e. The molecule has 0 nitrogen and oxygen atoms in total. The Morgan fingerprint density at radius 1 is 0.346 bits per heavy atom. The van der Waals surface area contributed by atoms with Crippen molar-refractivity contribution in [2.75, 3.05) is 0 Å². The Bertz CT molecular complexity index is 620. The van der Waals surface area contributed by atoms with Gasteiger partial charge in [-0.05, 0) is 94.8 Å². The van der Waals surface area contributed by atoms with E-state index < -0.39 is 0 Å². The third-order valence-corrected chi connectivity index (χ3v) is 15.0. The molecule has 0 aliphatic carbocycles. The molecule has 0 atom stereocenters. The largest absolute Gasteiger partial charge is 0.0688 e. The molecule has 0 amide bonds. The molecule has 0 aliphatic rings. The molecule has 0 spiro atoms. The number of hydrogen-bond acceptors (Lipinski definition) is 0. The average Bonchev–Trinajstić information content (AvgIpc) is 3.16. The third-order valence-electron chi connectivity index (χ3n) is 6.10. The Kier molecular flexibility index (Phi) is 8.12. The van der Waals surface area contributed by atoms with E-state index in [1.165, 1.54) is 51.4 Å². The van der Waals surface area contributed by atoms with E-state index in [1.54, 1.807) is 22.3 Å². The Hall–Kier alpha value is -0.440. The van der Waals surface area contributed by atoms with Gasteiger partial charge in [0.15, 0.2) is 0 Å². The lowest BCUT2D eigenvalue weighted by Gasteiger charge is -2.15. The van der Waals surface area contributed by atoms with E-state index >= 15 is 0 Å². The van der Waals surface area contributed by atoms with Crippen LogP contribution in [-0.2, 0) is 51.4 Å². The van der Waals surface area contributed by atoms with E-state index in [0.29, 0.717) is 0 Å². The predicted octanol–water partition coefficient (Wildman–Crippen LogP) is 8.47. The highest BCUT2D eigenvalue weighted by Crippen LogP contribution is 2.70. The summed E-state index contributed by atoms with van der Waals surface area (Å²) in [4.78, 5) is 0. The summed E-state index contributed by atoms with van der Waals surface area (Å²) in [5.74, 6) is 0. The predicted molar refractivity (Wildman–Crippen MR) is 124 cm³/mol. The molecule has 2 heterocycles. The van der Waals surface area contributed by atoms with Gasteiger partial charge in [0.2, 0.25) is 0 Å². The second-order valence-electron chi connectivity index (χ2n) is 7.15. The van der Waals surface area contributed by atoms with Crippen LogP contribution < -0.4 is 0 Å². The van der Waals surface area contributed by atoms with E-state index in [4.69, 9.17) is 0 Å². The van der Waals surface area contributed by atoms with Crippen LogP contribution in [0, 0.1) is 0 Å². The molecular weight excluding hydrogens is 350 g/mol. The first-order chi connectivity index (χ1) is 12.6. The molecule has 0 bridgehead atoms. The van der Waals surface area contributed by atoms with Crippen molar-refractivity contribution in [3.05, 3.63) is 43.4 Å². The van der Waals surface area contributed by atoms with Gasteiger partial charge in [-0.15, -0.1) is 0 Å². The average molecular weight is 391 g/mol. The Morgan fingerprint density at radius 3 is 0.654 bits per heavy atom. The summed E-state index contributed by atoms with van der Waals surface area (Å²) < 4.78 is 0. The lowest BCUT2D eigenvalue weighted by molar-refractivity contribution is 0.992. The van der Waals surface area contributed by atoms with Crippen molar-refractivity contribution in [1.82, 2.24) is 0 Å². The highest BCUT2D eigenvalue weighted by Gasteiger charge is 2.27. The SMILES string of the molecule is CCc1c(CC)c(CC)p(-p2c(CC)c(CC)c(CC)c2CC)c1CC. The zero-order valence-corrected chi connectivity index (χ0v) is 20.3. The van der Waals surface area contributed by atoms with Gasteiger partial charge < -0.3 is 0 Å². The molecule has 146 valence electrons. The van der Waals surface area contributed by atoms with Gasteiger partial charge in [-0.2, -0.15) is 0 Å². The normalized spacial score (nSPS) is 11.5. The van der Waals surface area contributed by atoms with Crippen molar-refractivity contribution in [2.24, 2.45) is 0 Å². The summed E-state index contributed by atoms with van der Waals surface area (Å²) in [5, 5.41) is 7.47. The maximum absolute atomic E-state index is 2.42. The minimum absolute atomic E-state index is 0.110. The molecule has 26 heavy (non-hydrogen) atoms. The van der Waals surface area contributed by atoms with Gasteiger partial charge in [-0.3, -0.25) is 0 Å². The van der Waals surface area contributed by atoms with Crippen LogP contribution in [0.5, 0.6) is 0 Å². The number of hydrogen-bond donors (Lipinski definition) is 0. The first-order valence-electron chi connectivity index (χ1n) is 11.1. The Morgan fingerprint density at radius 2 is 0.538 bits per heavy atom. The molecule has 2 heteroatoms. The van der Waals surface area contributed by atoms with E-state index in [1.807, 2.05) is 21.2 Å². The first-order valence-corrected chi connectivity index (χ1v) is 14.5. The topological polar surface area (TPSA) is 0 Å². The lowest BCUT2D eigenvalue weighted by atomic mass is 10.0. The monoisotopic (exact) mass is 390 g/mol. The van der Waals surface area contributed by atoms with E-state index in [0.717, 1.165) is 0 Å². The van der Waals surface area contributed by atoms with Gasteiger partial charge >= 0.3 is 0 Å². The van der Waals surface area contributed by atoms with Crippen LogP contribution in [0.1, 0.15) is 98.8 Å². The maximum Gasteiger partial charge on any atom is -0.0171 e. The fourth-order valence-corrected chi connectivity index (χ4v) is 16.2. The Labute approximate surface area is 164 Å². The van der Waals surface area contributed by atoms with Gasteiger partial charge in [0.05, 0.1) is 0 Å². The Balaban J connectivity index is 3.01. The highest BCUT2D eigenvalue weighted by atomic mass is 32.0. The molecule has 0 aliphatic heterocycles. The molecule has 2 aromatic heterocycles. The van der Waals surface area contributed by atoms with Crippen LogP contribution in [0.4, 0.5) is 0 Å². The molecule has 0 radical (unpaired) electrons. The van der Waals surface area contributed by atoms with Gasteiger partial charge in [0.25, 0.3) is 0 Å². The van der Waals surface area contributed by atoms with E-state index in [-0.39, 0.29) is 14.4 Å². The summed E-state index contributed by atoms with van der Waals surface area (Å²) in [5.41, 5.74) is 7.03. The van der Waals surface area contributed by atoms with Gasteiger partial charge in [-0.1, -0.05) is 69.8 Å². The van der Waals surface area contributed by atoms with Crippen molar-refractivity contribution in [1.29, 1.82) is 0 Å². The fraction of sp³-hybridized carbons (Fsp3) is 0.667. The second-order valence-corrected chi connectivity index (χ2v) is 13.0. The van der Waals surface area contributed by atoms with Crippen LogP contribution in [0.25, 0.3) is 0 Å². The summed E-state index contributed by atoms with van der Waals surface area (Å²) in [6.07, 6.45) is 9.97. The second kappa shape index (κ2) is 9.66. The first kappa shape index (κ1) is 21.9. The van der Waals surface area contributed by atoms with Crippen LogP contribution >= 0.6 is 14.4 Å². The van der Waals surface area contributed by atoms with Crippen molar-refractivity contribution < 1.29 is 0 Å². The standard InChI is InChI=1S/C24H40P2/c1-9-17-18(10-2)22(14-6)25(21(17)13-5)26-23(15-7)19(11-3)20(12-4)24(26)16-8/h9-16H2,1-8H3. The van der Waals surface area contributed by atoms with Crippen LogP contribution in [-0.4, -0.2) is 0 Å². The van der Waals surface area contributed by atoms with Crippen LogP contribution in [0.2, 0.25) is 0 Å². The summed E-state index contributed by atoms with van der Waals surface area (Å²) in [6, 6.07) is 0. The minimum Gasteiger partial charge on any atom is -0.0688 e. The van der Waals surface area contributed by atoms with E-state index in [2.05, 4.69) is 55.4 Å². The summed E-state index contributed by atoms with van der Waals surface area (Å²) >= 11 is 0. The zero-order valence-electron chi connectivity index (χ0n) is 18.6. The molecular formula is C24H40P2. The molecule has 2 rings (SSSR count). The van der Waals surface area contributed by atoms with Gasteiger partial charge in [0, 0.05) is 0 Å². The maximum atomic E-state index is 2.42. The highest BCUT2D eigenvalue weighted by molar-refractivity contribution is 8.23. The van der Waals surface area contributed by atoms with Crippen molar-refractivity contribution in [3.8, 4) is 0 Å². The quantitative estimate of drug-likeness (QED) is 0.403. The molecule has 0 saturated heterocycles. The van der Waals surface area contributed by atoms with Gasteiger partial charge in [0.1, 0.15) is 0 Å². The summed E-state index contributed by atoms with van der Waals surface area (Å²) in [6.45, 7) is 19.2. The van der Waals surface area contributed by atoms with Crippen molar-refractivity contribution >= 4 is 14.4 Å². The number of rotatable bonds is 9. The van der Waals surface area contributed by atoms with Crippen LogP contribution in [0.15, 0.2) is 0 Å². The molecule has 2 aromatic rings. The van der Waals surface area contributed by atoms with Crippen molar-refractivity contribution in [3.63, 3.8) is 0 Å². The summed E-state index contributed by atoms with van der Waals surface area (Å²) in [7, 11) is -0.220. The fourth-order valence-electron chi connectivity index (χ4n) is 5.14. The van der Waals surface area contributed by atoms with E-state index in [9.17, 15) is 0 Å². The molecule has 0 unspecified atom stereocenters. The van der Waals surface area contributed by atoms with Gasteiger partial charge in [-0.25, -0.2) is 0 Å². The van der Waals surface area contributed by atoms with Crippen molar-refractivity contribution in [2.45, 2.75) is 107 Å². The molecule has 0 aromatic carbocycles.